The van der Waals surface area contributed by atoms with Crippen molar-refractivity contribution in [2.24, 2.45) is 0 Å². The van der Waals surface area contributed by atoms with E-state index in [1.54, 1.807) is 30.3 Å². The first-order valence-corrected chi connectivity index (χ1v) is 8.14. The third-order valence-electron chi connectivity index (χ3n) is 3.81. The molecule has 0 aliphatic heterocycles. The largest absolute Gasteiger partial charge is 0.352 e. The number of aromatic nitrogens is 2. The van der Waals surface area contributed by atoms with Gasteiger partial charge in [-0.2, -0.15) is 0 Å². The molecule has 0 bridgehead atoms. The van der Waals surface area contributed by atoms with Gasteiger partial charge in [0.25, 0.3) is 5.91 Å². The molecule has 0 aliphatic carbocycles. The lowest BCUT2D eigenvalue weighted by molar-refractivity contribution is 0.0955. The number of hydrogen-bond acceptors (Lipinski definition) is 3. The van der Waals surface area contributed by atoms with E-state index in [1.807, 2.05) is 32.0 Å². The van der Waals surface area contributed by atoms with Crippen molar-refractivity contribution in [2.45, 2.75) is 13.8 Å². The van der Waals surface area contributed by atoms with E-state index in [0.717, 1.165) is 22.2 Å². The van der Waals surface area contributed by atoms with Gasteiger partial charge in [-0.25, -0.2) is 4.98 Å². The fraction of sp³-hybridized carbons (Fsp3) is 0.150. The first kappa shape index (κ1) is 16.6. The molecule has 126 valence electrons. The Kier molecular flexibility index (Phi) is 4.75. The summed E-state index contributed by atoms with van der Waals surface area (Å²) >= 11 is 0. The molecule has 1 heterocycles. The summed E-state index contributed by atoms with van der Waals surface area (Å²) in [6.07, 6.45) is 3.19. The van der Waals surface area contributed by atoms with Gasteiger partial charge in [-0.15, -0.1) is 0 Å². The molecule has 1 aromatic heterocycles. The molecule has 2 aromatic carbocycles. The van der Waals surface area contributed by atoms with Crippen LogP contribution in [0.15, 0.2) is 48.5 Å². The Labute approximate surface area is 145 Å². The van der Waals surface area contributed by atoms with Crippen LogP contribution in [-0.2, 0) is 0 Å². The zero-order valence-corrected chi connectivity index (χ0v) is 14.2. The summed E-state index contributed by atoms with van der Waals surface area (Å²) in [4.78, 5) is 31.4. The van der Waals surface area contributed by atoms with E-state index in [0.29, 0.717) is 17.9 Å². The molecule has 0 atom stereocenters. The maximum absolute atomic E-state index is 12.3. The Morgan fingerprint density at radius 3 is 2.64 bits per heavy atom. The Balaban J connectivity index is 1.74. The first-order valence-electron chi connectivity index (χ1n) is 8.14. The van der Waals surface area contributed by atoms with Crippen LogP contribution in [-0.4, -0.2) is 28.2 Å². The van der Waals surface area contributed by atoms with Crippen LogP contribution in [0.1, 0.15) is 39.0 Å². The van der Waals surface area contributed by atoms with Crippen molar-refractivity contribution in [3.8, 4) is 0 Å². The fourth-order valence-corrected chi connectivity index (χ4v) is 2.50. The summed E-state index contributed by atoms with van der Waals surface area (Å²) < 4.78 is 0. The molecular weight excluding hydrogens is 314 g/mol. The smallest absolute Gasteiger partial charge is 0.251 e. The molecule has 0 radical (unpaired) electrons. The second kappa shape index (κ2) is 7.13. The molecule has 0 aliphatic rings. The highest BCUT2D eigenvalue weighted by molar-refractivity contribution is 6.06. The van der Waals surface area contributed by atoms with Crippen LogP contribution in [0.25, 0.3) is 17.1 Å². The topological polar surface area (TPSA) is 74.8 Å². The Hall–Kier alpha value is -3.21. The number of rotatable bonds is 5. The van der Waals surface area contributed by atoms with Gasteiger partial charge in [0.15, 0.2) is 5.82 Å². The molecule has 3 aromatic rings. The second-order valence-corrected chi connectivity index (χ2v) is 5.79. The SMILES string of the molecule is CCNC(=O)c1ccc(C=CC(=O)c2nc3ccc(C)cc3[nH]2)cc1. The Bertz CT molecular complexity index is 953. The van der Waals surface area contributed by atoms with Crippen molar-refractivity contribution in [3.05, 3.63) is 71.1 Å². The number of nitrogens with zero attached hydrogens (tertiary/aromatic N) is 1. The minimum atomic E-state index is -0.193. The minimum absolute atomic E-state index is 0.105. The molecule has 0 saturated heterocycles. The highest BCUT2D eigenvalue weighted by Gasteiger charge is 2.09. The number of hydrogen-bond donors (Lipinski definition) is 2. The van der Waals surface area contributed by atoms with Gasteiger partial charge in [-0.1, -0.05) is 24.3 Å². The third-order valence-corrected chi connectivity index (χ3v) is 3.81. The number of imidazole rings is 1. The summed E-state index contributed by atoms with van der Waals surface area (Å²) in [5.41, 5.74) is 4.17. The lowest BCUT2D eigenvalue weighted by Crippen LogP contribution is -2.22. The van der Waals surface area contributed by atoms with E-state index in [-0.39, 0.29) is 11.7 Å². The molecule has 0 spiro atoms. The molecule has 5 heteroatoms. The normalized spacial score (nSPS) is 11.1. The van der Waals surface area contributed by atoms with Crippen molar-refractivity contribution in [1.29, 1.82) is 0 Å². The lowest BCUT2D eigenvalue weighted by atomic mass is 10.1. The number of nitrogens with one attached hydrogen (secondary N) is 2. The number of aryl methyl sites for hydroxylation is 1. The van der Waals surface area contributed by atoms with Gasteiger partial charge in [-0.05, 0) is 55.3 Å². The molecule has 0 fully saturated rings. The van der Waals surface area contributed by atoms with Crippen LogP contribution >= 0.6 is 0 Å². The quantitative estimate of drug-likeness (QED) is 0.554. The summed E-state index contributed by atoms with van der Waals surface area (Å²) in [5.74, 6) is 0.0177. The monoisotopic (exact) mass is 333 g/mol. The van der Waals surface area contributed by atoms with E-state index in [2.05, 4.69) is 15.3 Å². The van der Waals surface area contributed by atoms with Crippen LogP contribution in [0, 0.1) is 6.92 Å². The Morgan fingerprint density at radius 2 is 1.92 bits per heavy atom. The van der Waals surface area contributed by atoms with E-state index < -0.39 is 0 Å². The van der Waals surface area contributed by atoms with Gasteiger partial charge in [0.2, 0.25) is 5.78 Å². The number of fused-ring (bicyclic) bond motifs is 1. The number of carbonyl (C=O) groups is 2. The van der Waals surface area contributed by atoms with Crippen molar-refractivity contribution in [3.63, 3.8) is 0 Å². The van der Waals surface area contributed by atoms with Crippen LogP contribution in [0.3, 0.4) is 0 Å². The molecule has 0 saturated carbocycles. The number of H-pyrrole nitrogens is 1. The van der Waals surface area contributed by atoms with Crippen LogP contribution < -0.4 is 5.32 Å². The van der Waals surface area contributed by atoms with Gasteiger partial charge in [0, 0.05) is 12.1 Å². The van der Waals surface area contributed by atoms with E-state index in [4.69, 9.17) is 0 Å². The van der Waals surface area contributed by atoms with Gasteiger partial charge in [0.1, 0.15) is 0 Å². The number of ketones is 1. The van der Waals surface area contributed by atoms with E-state index in [1.165, 1.54) is 6.08 Å². The van der Waals surface area contributed by atoms with Gasteiger partial charge in [-0.3, -0.25) is 9.59 Å². The van der Waals surface area contributed by atoms with Crippen molar-refractivity contribution >= 4 is 28.8 Å². The van der Waals surface area contributed by atoms with Crippen LogP contribution in [0.2, 0.25) is 0 Å². The predicted octanol–water partition coefficient (Wildman–Crippen LogP) is 3.52. The highest BCUT2D eigenvalue weighted by Crippen LogP contribution is 2.14. The first-order chi connectivity index (χ1) is 12.1. The van der Waals surface area contributed by atoms with E-state index in [9.17, 15) is 9.59 Å². The van der Waals surface area contributed by atoms with Crippen molar-refractivity contribution < 1.29 is 9.59 Å². The molecular formula is C20H19N3O2. The maximum atomic E-state index is 12.3. The molecule has 0 unspecified atom stereocenters. The summed E-state index contributed by atoms with van der Waals surface area (Å²) in [7, 11) is 0. The number of allylic oxidation sites excluding steroid dienone is 1. The zero-order valence-electron chi connectivity index (χ0n) is 14.2. The van der Waals surface area contributed by atoms with E-state index >= 15 is 0 Å². The molecule has 25 heavy (non-hydrogen) atoms. The maximum Gasteiger partial charge on any atom is 0.251 e. The molecule has 1 amide bonds. The van der Waals surface area contributed by atoms with Gasteiger partial charge >= 0.3 is 0 Å². The molecule has 2 N–H and O–H groups in total. The standard InChI is InChI=1S/C20H19N3O2/c1-3-21-20(25)15-8-5-14(6-9-15)7-11-18(24)19-22-16-10-4-13(2)12-17(16)23-19/h4-12H,3H2,1-2H3,(H,21,25)(H,22,23). The van der Waals surface area contributed by atoms with Gasteiger partial charge < -0.3 is 10.3 Å². The minimum Gasteiger partial charge on any atom is -0.352 e. The Morgan fingerprint density at radius 1 is 1.16 bits per heavy atom. The fourth-order valence-electron chi connectivity index (χ4n) is 2.50. The predicted molar refractivity (Wildman–Crippen MR) is 98.6 cm³/mol. The zero-order chi connectivity index (χ0) is 17.8. The highest BCUT2D eigenvalue weighted by atomic mass is 16.1. The molecule has 5 nitrogen and oxygen atoms in total. The van der Waals surface area contributed by atoms with Gasteiger partial charge in [0.05, 0.1) is 11.0 Å². The van der Waals surface area contributed by atoms with Crippen molar-refractivity contribution in [1.82, 2.24) is 15.3 Å². The summed E-state index contributed by atoms with van der Waals surface area (Å²) in [5, 5.41) is 2.75. The number of amides is 1. The van der Waals surface area contributed by atoms with Crippen LogP contribution in [0.4, 0.5) is 0 Å². The number of benzene rings is 2. The second-order valence-electron chi connectivity index (χ2n) is 5.79. The molecule has 3 rings (SSSR count). The number of carbonyl (C=O) groups excluding carboxylic acids is 2. The summed E-state index contributed by atoms with van der Waals surface area (Å²) in [6.45, 7) is 4.46. The average Bonchev–Trinajstić information content (AvgIpc) is 3.03. The van der Waals surface area contributed by atoms with Crippen LogP contribution in [0.5, 0.6) is 0 Å². The lowest BCUT2D eigenvalue weighted by Gasteiger charge is -2.02. The summed E-state index contributed by atoms with van der Waals surface area (Å²) in [6, 6.07) is 12.9. The average molecular weight is 333 g/mol. The van der Waals surface area contributed by atoms with Crippen molar-refractivity contribution in [2.75, 3.05) is 6.54 Å². The number of aromatic amines is 1. The third kappa shape index (κ3) is 3.83.